The van der Waals surface area contributed by atoms with Gasteiger partial charge in [-0.25, -0.2) is 4.39 Å². The molecule has 0 bridgehead atoms. The van der Waals surface area contributed by atoms with Gasteiger partial charge in [-0.1, -0.05) is 19.3 Å². The minimum absolute atomic E-state index is 0. The maximum atomic E-state index is 13.6. The molecule has 1 aliphatic rings. The predicted octanol–water partition coefficient (Wildman–Crippen LogP) is 3.44. The molecule has 1 fully saturated rings. The average Bonchev–Trinajstić information content (AvgIpc) is 2.51. The first-order valence-electron chi connectivity index (χ1n) is 8.01. The van der Waals surface area contributed by atoms with Crippen LogP contribution in [0.3, 0.4) is 0 Å². The Morgan fingerprint density at radius 3 is 2.46 bits per heavy atom. The second-order valence-electron chi connectivity index (χ2n) is 6.37. The molecule has 0 atom stereocenters. The van der Waals surface area contributed by atoms with Crippen molar-refractivity contribution in [1.82, 2.24) is 0 Å². The Morgan fingerprint density at radius 1 is 1.21 bits per heavy atom. The number of carbonyl (C=O) groups excluding carboxylic acids is 2. The molecule has 1 aromatic carbocycles. The van der Waals surface area contributed by atoms with Crippen molar-refractivity contribution in [3.63, 3.8) is 0 Å². The molecule has 0 unspecified atom stereocenters. The summed E-state index contributed by atoms with van der Waals surface area (Å²) in [6.45, 7) is 1.81. The number of nitrogens with one attached hydrogen (secondary N) is 2. The molecule has 0 aliphatic heterocycles. The molecule has 0 aromatic heterocycles. The Bertz CT molecular complexity index is 589. The molecule has 0 saturated heterocycles. The molecule has 0 spiro atoms. The number of hydrogen-bond donors (Lipinski definition) is 3. The molecule has 4 N–H and O–H groups in total. The third-order valence-electron chi connectivity index (χ3n) is 4.44. The normalized spacial score (nSPS) is 16.0. The van der Waals surface area contributed by atoms with Gasteiger partial charge in [0.2, 0.25) is 11.8 Å². The summed E-state index contributed by atoms with van der Waals surface area (Å²) in [4.78, 5) is 23.4. The molecule has 7 heteroatoms. The lowest BCUT2D eigenvalue weighted by atomic mass is 9.71. The van der Waals surface area contributed by atoms with Crippen molar-refractivity contribution < 1.29 is 14.0 Å². The van der Waals surface area contributed by atoms with Gasteiger partial charge in [-0.2, -0.15) is 0 Å². The van der Waals surface area contributed by atoms with E-state index in [4.69, 9.17) is 5.73 Å². The minimum atomic E-state index is -0.538. The van der Waals surface area contributed by atoms with Gasteiger partial charge in [0.15, 0.2) is 0 Å². The van der Waals surface area contributed by atoms with Gasteiger partial charge in [-0.15, -0.1) is 12.4 Å². The molecular weight excluding hydrogens is 333 g/mol. The molecule has 24 heavy (non-hydrogen) atoms. The van der Waals surface area contributed by atoms with Gasteiger partial charge < -0.3 is 16.4 Å². The van der Waals surface area contributed by atoms with E-state index in [1.807, 2.05) is 0 Å². The van der Waals surface area contributed by atoms with Gasteiger partial charge in [-0.3, -0.25) is 9.59 Å². The number of benzene rings is 1. The zero-order valence-electron chi connectivity index (χ0n) is 13.9. The average molecular weight is 358 g/mol. The highest BCUT2D eigenvalue weighted by atomic mass is 35.5. The highest BCUT2D eigenvalue weighted by Gasteiger charge is 2.32. The Morgan fingerprint density at radius 2 is 1.88 bits per heavy atom. The summed E-state index contributed by atoms with van der Waals surface area (Å²) in [5.74, 6) is -1.03. The smallest absolute Gasteiger partial charge is 0.224 e. The Hall–Kier alpha value is -1.66. The van der Waals surface area contributed by atoms with Crippen molar-refractivity contribution in [2.75, 3.05) is 17.2 Å². The molecule has 1 aliphatic carbocycles. The van der Waals surface area contributed by atoms with Crippen LogP contribution in [0.1, 0.15) is 45.4 Å². The monoisotopic (exact) mass is 357 g/mol. The van der Waals surface area contributed by atoms with E-state index in [1.54, 1.807) is 0 Å². The van der Waals surface area contributed by atoms with E-state index in [1.165, 1.54) is 31.5 Å². The van der Waals surface area contributed by atoms with Crippen LogP contribution in [0.5, 0.6) is 0 Å². The summed E-state index contributed by atoms with van der Waals surface area (Å²) in [5.41, 5.74) is 6.30. The topological polar surface area (TPSA) is 84.2 Å². The molecule has 5 nitrogen and oxygen atoms in total. The lowest BCUT2D eigenvalue weighted by Crippen LogP contribution is -2.36. The van der Waals surface area contributed by atoms with Gasteiger partial charge in [-0.05, 0) is 43.0 Å². The number of nitrogens with two attached hydrogens (primary N) is 1. The number of carbonyl (C=O) groups is 2. The van der Waals surface area contributed by atoms with Crippen molar-refractivity contribution in [3.05, 3.63) is 24.0 Å². The summed E-state index contributed by atoms with van der Waals surface area (Å²) in [5, 5.41) is 5.18. The Balaban J connectivity index is 0.00000288. The molecule has 134 valence electrons. The largest absolute Gasteiger partial charge is 0.330 e. The van der Waals surface area contributed by atoms with Crippen molar-refractivity contribution in [3.8, 4) is 0 Å². The fraction of sp³-hybridized carbons (Fsp3) is 0.529. The van der Waals surface area contributed by atoms with E-state index < -0.39 is 5.82 Å². The number of anilines is 2. The van der Waals surface area contributed by atoms with Crippen molar-refractivity contribution in [1.29, 1.82) is 0 Å². The van der Waals surface area contributed by atoms with Crippen LogP contribution in [-0.2, 0) is 9.59 Å². The highest BCUT2D eigenvalue weighted by molar-refractivity contribution is 5.93. The first-order chi connectivity index (χ1) is 10.9. The third-order valence-corrected chi connectivity index (χ3v) is 4.44. The molecule has 2 rings (SSSR count). The van der Waals surface area contributed by atoms with Gasteiger partial charge in [0.1, 0.15) is 5.82 Å². The summed E-state index contributed by atoms with van der Waals surface area (Å²) in [6, 6.07) is 4.12. The van der Waals surface area contributed by atoms with Gasteiger partial charge >= 0.3 is 0 Å². The maximum absolute atomic E-state index is 13.6. The van der Waals surface area contributed by atoms with Crippen LogP contribution in [0.4, 0.5) is 15.8 Å². The number of rotatable bonds is 5. The van der Waals surface area contributed by atoms with Crippen molar-refractivity contribution in [2.24, 2.45) is 11.1 Å². The summed E-state index contributed by atoms with van der Waals surface area (Å²) >= 11 is 0. The second kappa shape index (κ2) is 8.99. The quantitative estimate of drug-likeness (QED) is 0.754. The second-order valence-corrected chi connectivity index (χ2v) is 6.37. The number of hydrogen-bond acceptors (Lipinski definition) is 3. The van der Waals surface area contributed by atoms with Crippen LogP contribution in [0.15, 0.2) is 18.2 Å². The van der Waals surface area contributed by atoms with E-state index in [0.29, 0.717) is 18.7 Å². The van der Waals surface area contributed by atoms with Crippen LogP contribution in [0.25, 0.3) is 0 Å². The third kappa shape index (κ3) is 5.46. The molecule has 2 amide bonds. The Labute approximate surface area is 148 Å². The molecule has 1 saturated carbocycles. The van der Waals surface area contributed by atoms with E-state index >= 15 is 0 Å². The summed E-state index contributed by atoms with van der Waals surface area (Å²) in [6.07, 6.45) is 5.72. The Kier molecular flexibility index (Phi) is 7.63. The maximum Gasteiger partial charge on any atom is 0.224 e. The van der Waals surface area contributed by atoms with Crippen LogP contribution in [0, 0.1) is 11.2 Å². The van der Waals surface area contributed by atoms with Crippen molar-refractivity contribution in [2.45, 2.75) is 45.4 Å². The SMILES string of the molecule is CC(=O)Nc1cc(NC(=O)CC2(CN)CCCCC2)ccc1F.Cl. The van der Waals surface area contributed by atoms with Crippen LogP contribution >= 0.6 is 12.4 Å². The first-order valence-corrected chi connectivity index (χ1v) is 8.01. The van der Waals surface area contributed by atoms with Gasteiger partial charge in [0.25, 0.3) is 0 Å². The molecule has 0 radical (unpaired) electrons. The summed E-state index contributed by atoms with van der Waals surface area (Å²) < 4.78 is 13.6. The van der Waals surface area contributed by atoms with Crippen molar-refractivity contribution >= 4 is 35.6 Å². The number of halogens is 2. The number of amides is 2. The fourth-order valence-electron chi connectivity index (χ4n) is 3.19. The fourth-order valence-corrected chi connectivity index (χ4v) is 3.19. The summed E-state index contributed by atoms with van der Waals surface area (Å²) in [7, 11) is 0. The first kappa shape index (κ1) is 20.4. The van der Waals surface area contributed by atoms with E-state index in [0.717, 1.165) is 25.7 Å². The lowest BCUT2D eigenvalue weighted by molar-refractivity contribution is -0.119. The van der Waals surface area contributed by atoms with Gasteiger partial charge in [0.05, 0.1) is 5.69 Å². The van der Waals surface area contributed by atoms with E-state index in [-0.39, 0.29) is 35.3 Å². The lowest BCUT2D eigenvalue weighted by Gasteiger charge is -2.35. The molecule has 0 heterocycles. The molecule has 1 aromatic rings. The van der Waals surface area contributed by atoms with Crippen LogP contribution in [0.2, 0.25) is 0 Å². The minimum Gasteiger partial charge on any atom is -0.330 e. The predicted molar refractivity (Wildman–Crippen MR) is 95.8 cm³/mol. The highest BCUT2D eigenvalue weighted by Crippen LogP contribution is 2.38. The molecular formula is C17H25ClFN3O2. The van der Waals surface area contributed by atoms with E-state index in [9.17, 15) is 14.0 Å². The van der Waals surface area contributed by atoms with E-state index in [2.05, 4.69) is 10.6 Å². The van der Waals surface area contributed by atoms with Crippen LogP contribution < -0.4 is 16.4 Å². The van der Waals surface area contributed by atoms with Crippen LogP contribution in [-0.4, -0.2) is 18.4 Å². The zero-order chi connectivity index (χ0) is 16.9. The van der Waals surface area contributed by atoms with Gasteiger partial charge in [0, 0.05) is 19.0 Å². The zero-order valence-corrected chi connectivity index (χ0v) is 14.7. The standard InChI is InChI=1S/C17H24FN3O2.ClH/c1-12(22)20-15-9-13(5-6-14(15)18)21-16(23)10-17(11-19)7-3-2-4-8-17;/h5-6,9H,2-4,7-8,10-11,19H2,1H3,(H,20,22)(H,21,23);1H.